The van der Waals surface area contributed by atoms with Crippen LogP contribution in [0.2, 0.25) is 0 Å². The third-order valence-electron chi connectivity index (χ3n) is 5.21. The van der Waals surface area contributed by atoms with Crippen molar-refractivity contribution in [1.82, 2.24) is 29.3 Å². The maximum atomic E-state index is 9.42. The van der Waals surface area contributed by atoms with Gasteiger partial charge in [-0.2, -0.15) is 5.10 Å². The van der Waals surface area contributed by atoms with Crippen molar-refractivity contribution in [2.75, 3.05) is 5.73 Å². The van der Waals surface area contributed by atoms with Crippen molar-refractivity contribution in [3.05, 3.63) is 72.7 Å². The van der Waals surface area contributed by atoms with E-state index < -0.39 is 0 Å². The van der Waals surface area contributed by atoms with Crippen LogP contribution < -0.4 is 5.73 Å². The number of hydrogen-bond donors (Lipinski definition) is 2. The van der Waals surface area contributed by atoms with E-state index in [1.807, 2.05) is 105 Å². The minimum absolute atomic E-state index is 0.0167. The van der Waals surface area contributed by atoms with Crippen LogP contribution in [0.15, 0.2) is 67.1 Å². The summed E-state index contributed by atoms with van der Waals surface area (Å²) in [5.74, 6) is 1.06. The molecule has 0 atom stereocenters. The minimum Gasteiger partial charge on any atom is -0.392 e. The number of aromatic nitrogens is 6. The molecule has 0 aliphatic rings. The lowest BCUT2D eigenvalue weighted by atomic mass is 10.2. The quantitative estimate of drug-likeness (QED) is 0.351. The summed E-state index contributed by atoms with van der Waals surface area (Å²) < 4.78 is 3.84. The van der Waals surface area contributed by atoms with Gasteiger partial charge in [-0.25, -0.2) is 15.0 Å². The molecule has 35 heavy (non-hydrogen) atoms. The molecule has 4 heterocycles. The summed E-state index contributed by atoms with van der Waals surface area (Å²) in [7, 11) is 0. The van der Waals surface area contributed by atoms with Crippen LogP contribution in [0, 0.1) is 0 Å². The van der Waals surface area contributed by atoms with Crippen LogP contribution in [0.3, 0.4) is 0 Å². The highest BCUT2D eigenvalue weighted by Gasteiger charge is 2.19. The summed E-state index contributed by atoms with van der Waals surface area (Å²) in [5.41, 5.74) is 11.8. The summed E-state index contributed by atoms with van der Waals surface area (Å²) in [6.07, 6.45) is 5.45. The smallest absolute Gasteiger partial charge is 0.165 e. The monoisotopic (exact) mass is 471 g/mol. The first-order chi connectivity index (χ1) is 17.2. The van der Waals surface area contributed by atoms with Gasteiger partial charge < -0.3 is 10.8 Å². The standard InChI is InChI=1S/C23H21N7O.2C2H6/c1-2-29-13-16(12-26-29)19-9-10-20-23(27-19)30(17-7-5-15(14-31)6-8-17)22(28-20)18-4-3-11-25-21(18)24;2*1-2/h3-13,31H,2,14H2,1H3,(H2,24,25);2*1-2H3. The van der Waals surface area contributed by atoms with E-state index in [1.165, 1.54) is 0 Å². The maximum absolute atomic E-state index is 9.42. The average Bonchev–Trinajstić information content (AvgIpc) is 3.56. The number of nitrogen functional groups attached to an aromatic ring is 1. The highest BCUT2D eigenvalue weighted by atomic mass is 16.3. The number of rotatable bonds is 5. The highest BCUT2D eigenvalue weighted by molar-refractivity contribution is 5.84. The first-order valence-corrected chi connectivity index (χ1v) is 12.0. The second-order valence-electron chi connectivity index (χ2n) is 7.16. The zero-order chi connectivity index (χ0) is 25.4. The molecule has 5 rings (SSSR count). The summed E-state index contributed by atoms with van der Waals surface area (Å²) in [5, 5.41) is 13.8. The minimum atomic E-state index is -0.0167. The van der Waals surface area contributed by atoms with Gasteiger partial charge >= 0.3 is 0 Å². The molecule has 4 aromatic heterocycles. The third-order valence-corrected chi connectivity index (χ3v) is 5.21. The number of anilines is 1. The predicted octanol–water partition coefficient (Wildman–Crippen LogP) is 5.49. The Balaban J connectivity index is 0.000000815. The number of benzene rings is 1. The summed E-state index contributed by atoms with van der Waals surface area (Å²) in [6.45, 7) is 10.8. The summed E-state index contributed by atoms with van der Waals surface area (Å²) >= 11 is 0. The number of imidazole rings is 1. The second-order valence-corrected chi connectivity index (χ2v) is 7.16. The van der Waals surface area contributed by atoms with Gasteiger partial charge in [0.2, 0.25) is 0 Å². The highest BCUT2D eigenvalue weighted by Crippen LogP contribution is 2.31. The predicted molar refractivity (Wildman–Crippen MR) is 142 cm³/mol. The Labute approximate surface area is 206 Å². The van der Waals surface area contributed by atoms with Gasteiger partial charge in [0, 0.05) is 30.2 Å². The van der Waals surface area contributed by atoms with Crippen molar-refractivity contribution in [1.29, 1.82) is 0 Å². The first-order valence-electron chi connectivity index (χ1n) is 12.0. The van der Waals surface area contributed by atoms with Crippen LogP contribution >= 0.6 is 0 Å². The molecule has 0 aliphatic carbocycles. The van der Waals surface area contributed by atoms with Crippen molar-refractivity contribution in [2.24, 2.45) is 0 Å². The molecule has 0 aliphatic heterocycles. The Hall–Kier alpha value is -4.04. The molecule has 182 valence electrons. The van der Waals surface area contributed by atoms with Crippen LogP contribution in [-0.2, 0) is 13.2 Å². The Morgan fingerprint density at radius 2 is 1.69 bits per heavy atom. The molecular formula is C27H33N7O. The van der Waals surface area contributed by atoms with E-state index in [0.29, 0.717) is 17.3 Å². The first kappa shape index (κ1) is 25.6. The fourth-order valence-electron chi connectivity index (χ4n) is 3.57. The van der Waals surface area contributed by atoms with E-state index >= 15 is 0 Å². The number of fused-ring (bicyclic) bond motifs is 1. The molecule has 1 aromatic carbocycles. The van der Waals surface area contributed by atoms with Gasteiger partial charge in [-0.05, 0) is 48.9 Å². The molecule has 5 aromatic rings. The molecule has 3 N–H and O–H groups in total. The third kappa shape index (κ3) is 5.22. The van der Waals surface area contributed by atoms with Crippen molar-refractivity contribution in [3.63, 3.8) is 0 Å². The van der Waals surface area contributed by atoms with E-state index in [1.54, 1.807) is 6.20 Å². The van der Waals surface area contributed by atoms with Gasteiger partial charge in [0.15, 0.2) is 11.5 Å². The molecule has 8 heteroatoms. The topological polar surface area (TPSA) is 108 Å². The van der Waals surface area contributed by atoms with Crippen LogP contribution in [0.1, 0.15) is 40.2 Å². The van der Waals surface area contributed by atoms with Crippen LogP contribution in [0.5, 0.6) is 0 Å². The molecule has 0 saturated heterocycles. The van der Waals surface area contributed by atoms with E-state index in [-0.39, 0.29) is 6.61 Å². The van der Waals surface area contributed by atoms with Gasteiger partial charge in [-0.1, -0.05) is 39.8 Å². The van der Waals surface area contributed by atoms with Crippen LogP contribution in [-0.4, -0.2) is 34.4 Å². The normalized spacial score (nSPS) is 10.3. The second kappa shape index (κ2) is 11.9. The van der Waals surface area contributed by atoms with Crippen molar-refractivity contribution in [2.45, 2.75) is 47.8 Å². The number of aliphatic hydroxyl groups is 1. The molecular weight excluding hydrogens is 438 g/mol. The lowest BCUT2D eigenvalue weighted by Crippen LogP contribution is -2.02. The lowest BCUT2D eigenvalue weighted by molar-refractivity contribution is 0.282. The number of nitrogens with two attached hydrogens (primary N) is 1. The van der Waals surface area contributed by atoms with Crippen LogP contribution in [0.4, 0.5) is 5.82 Å². The summed E-state index contributed by atoms with van der Waals surface area (Å²) in [4.78, 5) is 14.0. The molecule has 0 fully saturated rings. The van der Waals surface area contributed by atoms with Gasteiger partial charge in [-0.3, -0.25) is 9.25 Å². The van der Waals surface area contributed by atoms with E-state index in [0.717, 1.165) is 40.1 Å². The number of nitrogens with zero attached hydrogens (tertiary/aromatic N) is 6. The molecule has 0 bridgehead atoms. The maximum Gasteiger partial charge on any atom is 0.165 e. The molecule has 0 spiro atoms. The number of pyridine rings is 2. The van der Waals surface area contributed by atoms with Crippen molar-refractivity contribution in [3.8, 4) is 28.3 Å². The van der Waals surface area contributed by atoms with Crippen molar-refractivity contribution < 1.29 is 5.11 Å². The zero-order valence-electron chi connectivity index (χ0n) is 21.0. The summed E-state index contributed by atoms with van der Waals surface area (Å²) in [6, 6.07) is 15.3. The molecule has 8 nitrogen and oxygen atoms in total. The van der Waals surface area contributed by atoms with E-state index in [9.17, 15) is 5.11 Å². The molecule has 0 unspecified atom stereocenters. The SMILES string of the molecule is CC.CC.CCn1cc(-c2ccc3nc(-c4cccnc4N)n(-c4ccc(CO)cc4)c3n2)cn1. The number of hydrogen-bond acceptors (Lipinski definition) is 6. The molecule has 0 amide bonds. The Morgan fingerprint density at radius 3 is 2.31 bits per heavy atom. The molecule has 0 radical (unpaired) electrons. The number of aryl methyl sites for hydroxylation is 1. The van der Waals surface area contributed by atoms with Gasteiger partial charge in [-0.15, -0.1) is 0 Å². The van der Waals surface area contributed by atoms with Gasteiger partial charge in [0.25, 0.3) is 0 Å². The fourth-order valence-corrected chi connectivity index (χ4v) is 3.57. The molecule has 0 saturated carbocycles. The van der Waals surface area contributed by atoms with Gasteiger partial charge in [0.05, 0.1) is 24.1 Å². The Kier molecular flexibility index (Phi) is 8.69. The van der Waals surface area contributed by atoms with E-state index in [4.69, 9.17) is 15.7 Å². The van der Waals surface area contributed by atoms with Crippen LogP contribution in [0.25, 0.3) is 39.5 Å². The average molecular weight is 472 g/mol. The Bertz CT molecular complexity index is 1370. The fraction of sp³-hybridized carbons (Fsp3) is 0.259. The Morgan fingerprint density at radius 1 is 0.943 bits per heavy atom. The van der Waals surface area contributed by atoms with E-state index in [2.05, 4.69) is 10.1 Å². The zero-order valence-corrected chi connectivity index (χ0v) is 21.0. The lowest BCUT2D eigenvalue weighted by Gasteiger charge is -2.11. The van der Waals surface area contributed by atoms with Crippen molar-refractivity contribution >= 4 is 17.0 Å². The van der Waals surface area contributed by atoms with Gasteiger partial charge in [0.1, 0.15) is 11.3 Å². The number of aliphatic hydroxyl groups excluding tert-OH is 1. The largest absolute Gasteiger partial charge is 0.392 e.